The molecule has 0 bridgehead atoms. The Balaban J connectivity index is 1.90. The molecule has 1 aromatic carbocycles. The van der Waals surface area contributed by atoms with Crippen molar-refractivity contribution in [2.24, 2.45) is 5.10 Å². The molecule has 0 unspecified atom stereocenters. The molecule has 2 heterocycles. The molecule has 21 heavy (non-hydrogen) atoms. The maximum Gasteiger partial charge on any atom is 0.275 e. The van der Waals surface area contributed by atoms with Gasteiger partial charge in [-0.1, -0.05) is 17.8 Å². The zero-order chi connectivity index (χ0) is 15.1. The minimum atomic E-state index is -0.0524. The molecule has 2 aliphatic rings. The van der Waals surface area contributed by atoms with Crippen molar-refractivity contribution in [1.29, 1.82) is 0 Å². The number of hydrazone groups is 1. The number of aryl methyl sites for hydroxylation is 1. The van der Waals surface area contributed by atoms with Crippen molar-refractivity contribution in [3.63, 3.8) is 0 Å². The first kappa shape index (κ1) is 13.9. The predicted octanol–water partition coefficient (Wildman–Crippen LogP) is 3.15. The number of thioether (sulfide) groups is 1. The first-order valence-electron chi connectivity index (χ1n) is 6.75. The summed E-state index contributed by atoms with van der Waals surface area (Å²) in [6.45, 7) is 3.95. The van der Waals surface area contributed by atoms with E-state index in [-0.39, 0.29) is 5.91 Å². The third kappa shape index (κ3) is 2.38. The summed E-state index contributed by atoms with van der Waals surface area (Å²) in [5.41, 5.74) is 3.88. The molecule has 108 valence electrons. The standard InChI is InChI=1S/C16H17N3OS/c1-10-5-7-14-13(9-10)18(3)15(21-14)8-6-12-11(2)17-19(4)16(12)20/h5-9H,1-4H3. The normalized spacial score (nSPS) is 21.5. The molecule has 0 saturated heterocycles. The summed E-state index contributed by atoms with van der Waals surface area (Å²) >= 11 is 1.72. The highest BCUT2D eigenvalue weighted by atomic mass is 32.2. The smallest absolute Gasteiger partial charge is 0.275 e. The van der Waals surface area contributed by atoms with Crippen LogP contribution in [-0.2, 0) is 4.79 Å². The van der Waals surface area contributed by atoms with Crippen LogP contribution in [0.5, 0.6) is 0 Å². The Bertz CT molecular complexity index is 718. The number of rotatable bonds is 1. The molecule has 1 amide bonds. The van der Waals surface area contributed by atoms with Gasteiger partial charge in [-0.3, -0.25) is 4.79 Å². The van der Waals surface area contributed by atoms with Crippen LogP contribution in [0.15, 0.2) is 51.0 Å². The van der Waals surface area contributed by atoms with Crippen LogP contribution in [0.3, 0.4) is 0 Å². The van der Waals surface area contributed by atoms with E-state index in [2.05, 4.69) is 35.1 Å². The quantitative estimate of drug-likeness (QED) is 0.747. The summed E-state index contributed by atoms with van der Waals surface area (Å²) in [5, 5.41) is 6.64. The lowest BCUT2D eigenvalue weighted by atomic mass is 10.1. The number of allylic oxidation sites excluding steroid dienone is 2. The molecule has 4 nitrogen and oxygen atoms in total. The van der Waals surface area contributed by atoms with Crippen LogP contribution in [0, 0.1) is 6.92 Å². The Morgan fingerprint density at radius 1 is 1.19 bits per heavy atom. The fraction of sp³-hybridized carbons (Fsp3) is 0.250. The van der Waals surface area contributed by atoms with Gasteiger partial charge >= 0.3 is 0 Å². The highest BCUT2D eigenvalue weighted by Crippen LogP contribution is 2.45. The topological polar surface area (TPSA) is 35.9 Å². The lowest BCUT2D eigenvalue weighted by Crippen LogP contribution is -2.16. The first-order valence-corrected chi connectivity index (χ1v) is 7.57. The highest BCUT2D eigenvalue weighted by Gasteiger charge is 2.25. The molecule has 5 heteroatoms. The summed E-state index contributed by atoms with van der Waals surface area (Å²) in [7, 11) is 3.72. The van der Waals surface area contributed by atoms with Crippen molar-refractivity contribution >= 4 is 29.1 Å². The van der Waals surface area contributed by atoms with Crippen molar-refractivity contribution in [2.75, 3.05) is 19.0 Å². The fourth-order valence-electron chi connectivity index (χ4n) is 2.42. The summed E-state index contributed by atoms with van der Waals surface area (Å²) in [5.74, 6) is -0.0524. The van der Waals surface area contributed by atoms with Gasteiger partial charge in [0.1, 0.15) is 0 Å². The fourth-order valence-corrected chi connectivity index (χ4v) is 3.45. The predicted molar refractivity (Wildman–Crippen MR) is 87.5 cm³/mol. The van der Waals surface area contributed by atoms with Crippen LogP contribution in [0.25, 0.3) is 0 Å². The van der Waals surface area contributed by atoms with Crippen LogP contribution < -0.4 is 4.90 Å². The highest BCUT2D eigenvalue weighted by molar-refractivity contribution is 8.03. The van der Waals surface area contributed by atoms with E-state index in [0.717, 1.165) is 10.7 Å². The maximum absolute atomic E-state index is 12.0. The summed E-state index contributed by atoms with van der Waals surface area (Å²) in [6.07, 6.45) is 3.85. The van der Waals surface area contributed by atoms with Crippen molar-refractivity contribution < 1.29 is 4.79 Å². The largest absolute Gasteiger partial charge is 0.338 e. The third-order valence-corrected chi connectivity index (χ3v) is 4.81. The second-order valence-corrected chi connectivity index (χ2v) is 6.29. The van der Waals surface area contributed by atoms with Crippen LogP contribution >= 0.6 is 11.8 Å². The molecule has 0 saturated carbocycles. The van der Waals surface area contributed by atoms with Crippen molar-refractivity contribution in [2.45, 2.75) is 18.7 Å². The van der Waals surface area contributed by atoms with Crippen molar-refractivity contribution in [3.8, 4) is 0 Å². The molecule has 0 spiro atoms. The van der Waals surface area contributed by atoms with Gasteiger partial charge in [0.2, 0.25) is 0 Å². The lowest BCUT2D eigenvalue weighted by molar-refractivity contribution is -0.124. The van der Waals surface area contributed by atoms with Crippen LogP contribution in [0.2, 0.25) is 0 Å². The number of amides is 1. The minimum absolute atomic E-state index is 0.0524. The lowest BCUT2D eigenvalue weighted by Gasteiger charge is -2.13. The zero-order valence-corrected chi connectivity index (χ0v) is 13.4. The van der Waals surface area contributed by atoms with Gasteiger partial charge in [0, 0.05) is 19.0 Å². The Morgan fingerprint density at radius 3 is 2.62 bits per heavy atom. The van der Waals surface area contributed by atoms with Gasteiger partial charge in [-0.05, 0) is 43.7 Å². The second-order valence-electron chi connectivity index (χ2n) is 5.23. The van der Waals surface area contributed by atoms with E-state index < -0.39 is 0 Å². The number of hydrogen-bond donors (Lipinski definition) is 0. The van der Waals surface area contributed by atoms with Crippen molar-refractivity contribution in [3.05, 3.63) is 46.5 Å². The Hall–Kier alpha value is -2.01. The van der Waals surface area contributed by atoms with E-state index in [1.807, 2.05) is 26.1 Å². The molecule has 0 aliphatic carbocycles. The van der Waals surface area contributed by atoms with E-state index in [1.54, 1.807) is 18.8 Å². The second kappa shape index (κ2) is 5.07. The van der Waals surface area contributed by atoms with Gasteiger partial charge in [-0.2, -0.15) is 5.10 Å². The van der Waals surface area contributed by atoms with E-state index >= 15 is 0 Å². The maximum atomic E-state index is 12.0. The van der Waals surface area contributed by atoms with Gasteiger partial charge in [-0.15, -0.1) is 0 Å². The van der Waals surface area contributed by atoms with Gasteiger partial charge in [0.05, 0.1) is 22.0 Å². The zero-order valence-electron chi connectivity index (χ0n) is 12.5. The number of hydrogen-bond acceptors (Lipinski definition) is 4. The van der Waals surface area contributed by atoms with Gasteiger partial charge in [0.25, 0.3) is 5.91 Å². The number of fused-ring (bicyclic) bond motifs is 1. The summed E-state index contributed by atoms with van der Waals surface area (Å²) < 4.78 is 0. The molecule has 0 aromatic heterocycles. The molecule has 0 radical (unpaired) electrons. The van der Waals surface area contributed by atoms with Gasteiger partial charge in [-0.25, -0.2) is 5.01 Å². The summed E-state index contributed by atoms with van der Waals surface area (Å²) in [4.78, 5) is 15.4. The first-order chi connectivity index (χ1) is 9.97. The van der Waals surface area contributed by atoms with E-state index in [1.165, 1.54) is 21.2 Å². The Kier molecular flexibility index (Phi) is 3.37. The number of nitrogens with zero attached hydrogens (tertiary/aromatic N) is 3. The van der Waals surface area contributed by atoms with E-state index in [0.29, 0.717) is 5.57 Å². The molecule has 0 N–H and O–H groups in total. The number of carbonyl (C=O) groups is 1. The van der Waals surface area contributed by atoms with E-state index in [4.69, 9.17) is 0 Å². The number of likely N-dealkylation sites (N-methyl/N-ethyl adjacent to an activating group) is 1. The van der Waals surface area contributed by atoms with Crippen LogP contribution in [0.4, 0.5) is 5.69 Å². The molecule has 0 fully saturated rings. The number of benzene rings is 1. The van der Waals surface area contributed by atoms with Gasteiger partial charge in [0.15, 0.2) is 0 Å². The average Bonchev–Trinajstić information content (AvgIpc) is 2.87. The molecular weight excluding hydrogens is 282 g/mol. The van der Waals surface area contributed by atoms with E-state index in [9.17, 15) is 4.79 Å². The van der Waals surface area contributed by atoms with Crippen LogP contribution in [0.1, 0.15) is 12.5 Å². The van der Waals surface area contributed by atoms with Gasteiger partial charge < -0.3 is 4.90 Å². The average molecular weight is 299 g/mol. The van der Waals surface area contributed by atoms with Crippen molar-refractivity contribution in [1.82, 2.24) is 5.01 Å². The molecule has 1 aromatic rings. The number of carbonyl (C=O) groups excluding carboxylic acids is 1. The molecule has 0 atom stereocenters. The number of anilines is 1. The third-order valence-electron chi connectivity index (χ3n) is 3.63. The summed E-state index contributed by atoms with van der Waals surface area (Å²) in [6, 6.07) is 6.44. The molecular formula is C16H17N3OS. The SMILES string of the molecule is CC1=NN(C)C(=O)C1=CC=C1Sc2ccc(C)cc2N1C. The Labute approximate surface area is 128 Å². The molecule has 2 aliphatic heterocycles. The Morgan fingerprint density at radius 2 is 1.95 bits per heavy atom. The monoisotopic (exact) mass is 299 g/mol. The molecule has 3 rings (SSSR count). The minimum Gasteiger partial charge on any atom is -0.338 e. The van der Waals surface area contributed by atoms with Crippen LogP contribution in [-0.4, -0.2) is 30.7 Å².